The van der Waals surface area contributed by atoms with Crippen LogP contribution in [0.15, 0.2) is 18.2 Å². The Labute approximate surface area is 91.4 Å². The van der Waals surface area contributed by atoms with Crippen molar-refractivity contribution in [1.29, 1.82) is 0 Å². The highest BCUT2D eigenvalue weighted by Crippen LogP contribution is 2.45. The minimum atomic E-state index is -2.23. The summed E-state index contributed by atoms with van der Waals surface area (Å²) in [4.78, 5) is 0. The zero-order chi connectivity index (χ0) is 11.5. The second kappa shape index (κ2) is 4.71. The third kappa shape index (κ3) is 2.35. The molecule has 0 spiro atoms. The van der Waals surface area contributed by atoms with Gasteiger partial charge in [-0.1, -0.05) is 13.8 Å². The first kappa shape index (κ1) is 12.1. The second-order valence-electron chi connectivity index (χ2n) is 3.55. The number of hydrogen-bond acceptors (Lipinski definition) is 3. The maximum atomic E-state index is 12.6. The number of nitrogen functional groups attached to an aromatic ring is 1. The van der Waals surface area contributed by atoms with Crippen molar-refractivity contribution in [3.63, 3.8) is 0 Å². The third-order valence-electron chi connectivity index (χ3n) is 2.75. The predicted molar refractivity (Wildman–Crippen MR) is 68.7 cm³/mol. The van der Waals surface area contributed by atoms with Crippen LogP contribution in [0, 0.1) is 0 Å². The predicted octanol–water partition coefficient (Wildman–Crippen LogP) is 2.34. The second-order valence-corrected chi connectivity index (χ2v) is 7.07. The molecule has 0 aromatic heterocycles. The summed E-state index contributed by atoms with van der Waals surface area (Å²) in [7, 11) is -0.398. The fourth-order valence-electron chi connectivity index (χ4n) is 1.67. The highest BCUT2D eigenvalue weighted by Gasteiger charge is 2.22. The van der Waals surface area contributed by atoms with E-state index in [1.807, 2.05) is 39.1 Å². The first-order valence-electron chi connectivity index (χ1n) is 5.23. The first-order valence-corrected chi connectivity index (χ1v) is 7.31. The van der Waals surface area contributed by atoms with E-state index in [4.69, 9.17) is 5.73 Å². The average Bonchev–Trinajstić information content (AvgIpc) is 2.27. The Hall–Kier alpha value is -0.950. The molecule has 3 N–H and O–H groups in total. The molecule has 1 aromatic rings. The molecule has 0 amide bonds. The van der Waals surface area contributed by atoms with Gasteiger partial charge in [-0.2, -0.15) is 0 Å². The van der Waals surface area contributed by atoms with Crippen molar-refractivity contribution in [3.8, 4) is 0 Å². The van der Waals surface area contributed by atoms with E-state index in [9.17, 15) is 4.57 Å². The van der Waals surface area contributed by atoms with Crippen molar-refractivity contribution >= 4 is 23.8 Å². The summed E-state index contributed by atoms with van der Waals surface area (Å²) in [5.41, 5.74) is 7.29. The monoisotopic (exact) mass is 226 g/mol. The van der Waals surface area contributed by atoms with Gasteiger partial charge in [0.15, 0.2) is 0 Å². The summed E-state index contributed by atoms with van der Waals surface area (Å²) < 4.78 is 12.6. The standard InChI is InChI=1S/C11H19N2OP/c1-4-15(14,5-2)11-7-6-9(12)8-10(11)13-3/h6-8,13H,4-5,12H2,1-3H3. The van der Waals surface area contributed by atoms with E-state index < -0.39 is 7.14 Å². The molecular weight excluding hydrogens is 207 g/mol. The molecule has 0 aliphatic rings. The van der Waals surface area contributed by atoms with Crippen molar-refractivity contribution in [2.24, 2.45) is 0 Å². The summed E-state index contributed by atoms with van der Waals surface area (Å²) in [6, 6.07) is 5.54. The molecule has 1 aromatic carbocycles. The Morgan fingerprint density at radius 1 is 1.33 bits per heavy atom. The van der Waals surface area contributed by atoms with Crippen molar-refractivity contribution in [2.75, 3.05) is 30.4 Å². The van der Waals surface area contributed by atoms with E-state index in [1.54, 1.807) is 0 Å². The minimum absolute atomic E-state index is 0.696. The Morgan fingerprint density at radius 2 is 1.93 bits per heavy atom. The molecule has 4 heteroatoms. The van der Waals surface area contributed by atoms with E-state index in [0.717, 1.165) is 11.0 Å². The van der Waals surface area contributed by atoms with Gasteiger partial charge in [0.1, 0.15) is 7.14 Å². The Morgan fingerprint density at radius 3 is 2.40 bits per heavy atom. The van der Waals surface area contributed by atoms with Crippen LogP contribution in [0.2, 0.25) is 0 Å². The van der Waals surface area contributed by atoms with Gasteiger partial charge in [0.2, 0.25) is 0 Å². The number of benzene rings is 1. The Bertz CT molecular complexity index is 382. The van der Waals surface area contributed by atoms with Gasteiger partial charge in [-0.25, -0.2) is 0 Å². The van der Waals surface area contributed by atoms with Crippen LogP contribution >= 0.6 is 7.14 Å². The first-order chi connectivity index (χ1) is 7.07. The van der Waals surface area contributed by atoms with Crippen LogP contribution in [0.3, 0.4) is 0 Å². The maximum absolute atomic E-state index is 12.6. The van der Waals surface area contributed by atoms with Crippen LogP contribution in [-0.4, -0.2) is 19.4 Å². The van der Waals surface area contributed by atoms with Crippen LogP contribution in [0.4, 0.5) is 11.4 Å². The number of hydrogen-bond donors (Lipinski definition) is 2. The molecule has 1 rings (SSSR count). The van der Waals surface area contributed by atoms with E-state index in [0.29, 0.717) is 18.0 Å². The van der Waals surface area contributed by atoms with Crippen LogP contribution < -0.4 is 16.4 Å². The fraction of sp³-hybridized carbons (Fsp3) is 0.455. The van der Waals surface area contributed by atoms with Gasteiger partial charge in [0.25, 0.3) is 0 Å². The SMILES string of the molecule is CCP(=O)(CC)c1ccc(N)cc1NC. The molecule has 15 heavy (non-hydrogen) atoms. The third-order valence-corrected chi connectivity index (χ3v) is 6.06. The lowest BCUT2D eigenvalue weighted by Gasteiger charge is -2.18. The van der Waals surface area contributed by atoms with Gasteiger partial charge in [-0.15, -0.1) is 0 Å². The molecule has 0 heterocycles. The van der Waals surface area contributed by atoms with Crippen LogP contribution in [-0.2, 0) is 4.57 Å². The van der Waals surface area contributed by atoms with Crippen molar-refractivity contribution in [2.45, 2.75) is 13.8 Å². The summed E-state index contributed by atoms with van der Waals surface area (Å²) in [6.45, 7) is 3.94. The molecule has 0 aliphatic carbocycles. The number of anilines is 2. The molecule has 0 saturated heterocycles. The highest BCUT2D eigenvalue weighted by atomic mass is 31.2. The number of nitrogens with one attached hydrogen (secondary N) is 1. The van der Waals surface area contributed by atoms with Gasteiger partial charge < -0.3 is 15.6 Å². The molecule has 0 fully saturated rings. The van der Waals surface area contributed by atoms with Gasteiger partial charge in [-0.3, -0.25) is 0 Å². The quantitative estimate of drug-likeness (QED) is 0.612. The molecule has 0 unspecified atom stereocenters. The van der Waals surface area contributed by atoms with Crippen LogP contribution in [0.1, 0.15) is 13.8 Å². The summed E-state index contributed by atoms with van der Waals surface area (Å²) in [5, 5.41) is 3.98. The lowest BCUT2D eigenvalue weighted by molar-refractivity contribution is 0.582. The lowest BCUT2D eigenvalue weighted by atomic mass is 10.3. The normalized spacial score (nSPS) is 11.4. The summed E-state index contributed by atoms with van der Waals surface area (Å²) >= 11 is 0. The van der Waals surface area contributed by atoms with E-state index >= 15 is 0 Å². The molecular formula is C11H19N2OP. The zero-order valence-electron chi connectivity index (χ0n) is 9.58. The van der Waals surface area contributed by atoms with Crippen LogP contribution in [0.5, 0.6) is 0 Å². The maximum Gasteiger partial charge on any atom is 0.117 e. The minimum Gasteiger partial charge on any atom is -0.399 e. The van der Waals surface area contributed by atoms with E-state index in [1.165, 1.54) is 0 Å². The number of rotatable bonds is 4. The molecule has 84 valence electrons. The smallest absolute Gasteiger partial charge is 0.117 e. The van der Waals surface area contributed by atoms with Gasteiger partial charge >= 0.3 is 0 Å². The molecule has 0 saturated carbocycles. The Balaban J connectivity index is 3.30. The van der Waals surface area contributed by atoms with Crippen LogP contribution in [0.25, 0.3) is 0 Å². The summed E-state index contributed by atoms with van der Waals surface area (Å²) in [6.07, 6.45) is 1.39. The summed E-state index contributed by atoms with van der Waals surface area (Å²) in [5.74, 6) is 0. The fourth-order valence-corrected chi connectivity index (χ4v) is 3.76. The van der Waals surface area contributed by atoms with Gasteiger partial charge in [0.05, 0.1) is 0 Å². The highest BCUT2D eigenvalue weighted by molar-refractivity contribution is 7.71. The van der Waals surface area contributed by atoms with Gasteiger partial charge in [-0.05, 0) is 18.2 Å². The van der Waals surface area contributed by atoms with Crippen molar-refractivity contribution in [1.82, 2.24) is 0 Å². The van der Waals surface area contributed by atoms with Gasteiger partial charge in [0, 0.05) is 36.1 Å². The number of nitrogens with two attached hydrogens (primary N) is 1. The largest absolute Gasteiger partial charge is 0.399 e. The Kier molecular flexibility index (Phi) is 3.81. The zero-order valence-corrected chi connectivity index (χ0v) is 10.5. The van der Waals surface area contributed by atoms with E-state index in [2.05, 4.69) is 5.32 Å². The van der Waals surface area contributed by atoms with Crippen molar-refractivity contribution < 1.29 is 4.57 Å². The molecule has 0 radical (unpaired) electrons. The van der Waals surface area contributed by atoms with E-state index in [-0.39, 0.29) is 0 Å². The molecule has 0 bridgehead atoms. The average molecular weight is 226 g/mol. The topological polar surface area (TPSA) is 55.1 Å². The molecule has 3 nitrogen and oxygen atoms in total. The lowest BCUT2D eigenvalue weighted by Crippen LogP contribution is -2.14. The molecule has 0 atom stereocenters. The van der Waals surface area contributed by atoms with Crippen molar-refractivity contribution in [3.05, 3.63) is 18.2 Å². The molecule has 0 aliphatic heterocycles.